The highest BCUT2D eigenvalue weighted by molar-refractivity contribution is 6.88. The van der Waals surface area contributed by atoms with Gasteiger partial charge in [-0.15, -0.1) is 0 Å². The molecule has 1 aliphatic heterocycles. The van der Waals surface area contributed by atoms with Gasteiger partial charge in [0.15, 0.2) is 8.24 Å². The summed E-state index contributed by atoms with van der Waals surface area (Å²) in [5.74, 6) is 0. The van der Waals surface area contributed by atoms with Gasteiger partial charge < -0.3 is 4.57 Å². The summed E-state index contributed by atoms with van der Waals surface area (Å²) in [6.07, 6.45) is 0. The van der Waals surface area contributed by atoms with E-state index in [9.17, 15) is 0 Å². The Kier molecular flexibility index (Phi) is 6.04. The van der Waals surface area contributed by atoms with E-state index in [0.717, 1.165) is 6.54 Å². The Hall–Kier alpha value is -2.42. The third kappa shape index (κ3) is 3.91. The highest BCUT2D eigenvalue weighted by atomic mass is 28.3. The summed E-state index contributed by atoms with van der Waals surface area (Å²) >= 11 is 0. The molecular weight excluding hydrogens is 402 g/mol. The van der Waals surface area contributed by atoms with Crippen LogP contribution in [0.1, 0.15) is 64.3 Å². The molecule has 166 valence electrons. The Bertz CT molecular complexity index is 1040. The molecule has 1 heterocycles. The molecule has 1 unspecified atom stereocenters. The summed E-state index contributed by atoms with van der Waals surface area (Å²) in [5.41, 5.74) is 8.36. The molecule has 0 fully saturated rings. The fraction of sp³-hybridized carbons (Fsp3) is 0.333. The second kappa shape index (κ2) is 8.50. The topological polar surface area (TPSA) is 3.24 Å². The third-order valence-electron chi connectivity index (χ3n) is 7.13. The first-order chi connectivity index (χ1) is 15.1. The van der Waals surface area contributed by atoms with E-state index in [4.69, 9.17) is 0 Å². The van der Waals surface area contributed by atoms with Crippen LogP contribution in [0, 0.1) is 0 Å². The van der Waals surface area contributed by atoms with Gasteiger partial charge in [0.25, 0.3) is 0 Å². The molecule has 1 aliphatic rings. The normalized spacial score (nSPS) is 19.1. The highest BCUT2D eigenvalue weighted by Crippen LogP contribution is 2.61. The molecule has 0 spiro atoms. The lowest BCUT2D eigenvalue weighted by atomic mass is 9.94. The van der Waals surface area contributed by atoms with E-state index in [-0.39, 0.29) is 16.1 Å². The molecule has 0 bridgehead atoms. The van der Waals surface area contributed by atoms with Crippen molar-refractivity contribution >= 4 is 13.8 Å². The van der Waals surface area contributed by atoms with Crippen LogP contribution in [0.15, 0.2) is 96.7 Å². The second-order valence-corrected chi connectivity index (χ2v) is 16.6. The Balaban J connectivity index is 2.00. The Morgan fingerprint density at radius 1 is 0.656 bits per heavy atom. The van der Waals surface area contributed by atoms with Crippen molar-refractivity contribution in [2.75, 3.05) is 0 Å². The maximum Gasteiger partial charge on any atom is 0.165 e. The molecule has 0 amide bonds. The summed E-state index contributed by atoms with van der Waals surface area (Å²) in [6, 6.07) is 33.5. The maximum atomic E-state index is 2.92. The Morgan fingerprint density at radius 2 is 1.12 bits per heavy atom. The van der Waals surface area contributed by atoms with Gasteiger partial charge in [0.05, 0.1) is 6.04 Å². The first kappa shape index (κ1) is 22.8. The molecule has 32 heavy (non-hydrogen) atoms. The Labute approximate surface area is 195 Å². The summed E-state index contributed by atoms with van der Waals surface area (Å²) in [7, 11) is -2.17. The van der Waals surface area contributed by atoms with Gasteiger partial charge in [0.1, 0.15) is 0 Å². The van der Waals surface area contributed by atoms with Crippen molar-refractivity contribution in [1.29, 1.82) is 0 Å². The summed E-state index contributed by atoms with van der Waals surface area (Å²) in [5, 5.41) is 0.340. The molecular formula is C30H37NSi. The van der Waals surface area contributed by atoms with E-state index in [1.807, 2.05) is 0 Å². The number of hydrogen-bond acceptors (Lipinski definition) is 1. The maximum absolute atomic E-state index is 2.92. The van der Waals surface area contributed by atoms with Gasteiger partial charge in [-0.25, -0.2) is 0 Å². The van der Waals surface area contributed by atoms with Crippen LogP contribution in [0.4, 0.5) is 0 Å². The highest BCUT2D eigenvalue weighted by Gasteiger charge is 2.61. The van der Waals surface area contributed by atoms with Crippen LogP contribution in [0.25, 0.3) is 5.57 Å². The smallest absolute Gasteiger partial charge is 0.165 e. The van der Waals surface area contributed by atoms with Crippen molar-refractivity contribution in [3.63, 3.8) is 0 Å². The molecule has 0 aromatic heterocycles. The van der Waals surface area contributed by atoms with Crippen molar-refractivity contribution in [2.45, 2.75) is 64.2 Å². The molecule has 2 heteroatoms. The zero-order chi connectivity index (χ0) is 23.0. The summed E-state index contributed by atoms with van der Waals surface area (Å²) in [4.78, 5) is 0. The van der Waals surface area contributed by atoms with E-state index in [2.05, 4.69) is 143 Å². The minimum absolute atomic E-state index is 0.170. The van der Waals surface area contributed by atoms with Crippen molar-refractivity contribution in [2.24, 2.45) is 0 Å². The minimum Gasteiger partial charge on any atom is -0.305 e. The number of nitrogens with zero attached hydrogens (tertiary/aromatic N) is 1. The van der Waals surface area contributed by atoms with E-state index in [1.54, 1.807) is 0 Å². The van der Waals surface area contributed by atoms with E-state index < -0.39 is 8.24 Å². The van der Waals surface area contributed by atoms with Crippen LogP contribution in [0.3, 0.4) is 0 Å². The number of benzene rings is 3. The molecule has 0 N–H and O–H groups in total. The number of rotatable bonds is 4. The molecule has 0 aliphatic carbocycles. The van der Waals surface area contributed by atoms with Crippen LogP contribution in [-0.2, 0) is 6.54 Å². The zero-order valence-corrected chi connectivity index (χ0v) is 21.5. The quantitative estimate of drug-likeness (QED) is 0.369. The SMILES string of the molecule is CC(C)(C)[Si]1(C(C)(C)C)C=C(c2ccccc2)C(c2ccccc2)N1Cc1ccccc1. The van der Waals surface area contributed by atoms with Gasteiger partial charge in [0, 0.05) is 6.54 Å². The fourth-order valence-corrected chi connectivity index (χ4v) is 12.9. The fourth-order valence-electron chi connectivity index (χ4n) is 6.04. The van der Waals surface area contributed by atoms with E-state index in [1.165, 1.54) is 22.3 Å². The first-order valence-electron chi connectivity index (χ1n) is 11.8. The molecule has 0 saturated carbocycles. The van der Waals surface area contributed by atoms with Crippen LogP contribution < -0.4 is 0 Å². The molecule has 0 saturated heterocycles. The average molecular weight is 440 g/mol. The first-order valence-corrected chi connectivity index (χ1v) is 13.8. The van der Waals surface area contributed by atoms with Crippen LogP contribution in [-0.4, -0.2) is 12.8 Å². The lowest BCUT2D eigenvalue weighted by molar-refractivity contribution is 0.340. The molecule has 3 aromatic carbocycles. The van der Waals surface area contributed by atoms with Crippen LogP contribution in [0.5, 0.6) is 0 Å². The van der Waals surface area contributed by atoms with Gasteiger partial charge >= 0.3 is 0 Å². The predicted octanol–water partition coefficient (Wildman–Crippen LogP) is 8.41. The molecule has 3 aromatic rings. The summed E-state index contributed by atoms with van der Waals surface area (Å²) in [6.45, 7) is 15.8. The third-order valence-corrected chi connectivity index (χ3v) is 13.8. The van der Waals surface area contributed by atoms with Gasteiger partial charge in [-0.2, -0.15) is 0 Å². The lowest BCUT2D eigenvalue weighted by Gasteiger charge is -2.55. The van der Waals surface area contributed by atoms with Crippen LogP contribution >= 0.6 is 0 Å². The lowest BCUT2D eigenvalue weighted by Crippen LogP contribution is -2.61. The van der Waals surface area contributed by atoms with Crippen molar-refractivity contribution < 1.29 is 0 Å². The molecule has 4 rings (SSSR count). The monoisotopic (exact) mass is 439 g/mol. The van der Waals surface area contributed by atoms with Gasteiger partial charge in [0.2, 0.25) is 0 Å². The molecule has 1 atom stereocenters. The Morgan fingerprint density at radius 3 is 1.62 bits per heavy atom. The van der Waals surface area contributed by atoms with Gasteiger partial charge in [-0.05, 0) is 32.3 Å². The minimum atomic E-state index is -2.17. The van der Waals surface area contributed by atoms with E-state index in [0.29, 0.717) is 0 Å². The average Bonchev–Trinajstić information content (AvgIpc) is 3.12. The largest absolute Gasteiger partial charge is 0.305 e. The number of hydrogen-bond donors (Lipinski definition) is 0. The van der Waals surface area contributed by atoms with Gasteiger partial charge in [-0.1, -0.05) is 138 Å². The second-order valence-electron chi connectivity index (χ2n) is 11.2. The molecule has 1 nitrogen and oxygen atoms in total. The van der Waals surface area contributed by atoms with Gasteiger partial charge in [-0.3, -0.25) is 0 Å². The summed E-state index contributed by atoms with van der Waals surface area (Å²) < 4.78 is 2.92. The van der Waals surface area contributed by atoms with Crippen molar-refractivity contribution in [3.05, 3.63) is 113 Å². The van der Waals surface area contributed by atoms with E-state index >= 15 is 0 Å². The van der Waals surface area contributed by atoms with Crippen molar-refractivity contribution in [1.82, 2.24) is 4.57 Å². The standard InChI is InChI=1S/C30H37NSi/c1-29(2,3)32(30(4,5)6)23-27(25-18-12-8-13-19-25)28(26-20-14-9-15-21-26)31(32)22-24-16-10-7-11-17-24/h7-21,23,28H,22H2,1-6H3. The zero-order valence-electron chi connectivity index (χ0n) is 20.5. The van der Waals surface area contributed by atoms with Crippen molar-refractivity contribution in [3.8, 4) is 0 Å². The predicted molar refractivity (Wildman–Crippen MR) is 141 cm³/mol. The van der Waals surface area contributed by atoms with Crippen LogP contribution in [0.2, 0.25) is 10.1 Å². The molecule has 0 radical (unpaired) electrons.